The molecule has 0 spiro atoms. The predicted octanol–water partition coefficient (Wildman–Crippen LogP) is 3.20. The van der Waals surface area contributed by atoms with E-state index in [4.69, 9.17) is 14.2 Å². The first kappa shape index (κ1) is 22.0. The van der Waals surface area contributed by atoms with Gasteiger partial charge in [-0.2, -0.15) is 0 Å². The minimum atomic E-state index is -0.209. The van der Waals surface area contributed by atoms with E-state index in [1.165, 1.54) is 11.8 Å². The summed E-state index contributed by atoms with van der Waals surface area (Å²) >= 11 is 1.40. The number of allylic oxidation sites excluding steroid dienone is 4. The number of carbonyl (C=O) groups is 1. The van der Waals surface area contributed by atoms with Crippen LogP contribution in [0, 0.1) is 0 Å². The highest BCUT2D eigenvalue weighted by atomic mass is 32.2. The summed E-state index contributed by atoms with van der Waals surface area (Å²) in [6.07, 6.45) is 8.51. The number of methoxy groups -OCH3 is 2. The van der Waals surface area contributed by atoms with Crippen LogP contribution in [0.2, 0.25) is 0 Å². The Hall–Kier alpha value is -2.32. The van der Waals surface area contributed by atoms with E-state index in [1.807, 2.05) is 6.26 Å². The summed E-state index contributed by atoms with van der Waals surface area (Å²) in [5.41, 5.74) is 1.46. The van der Waals surface area contributed by atoms with Gasteiger partial charge in [0.2, 0.25) is 0 Å². The van der Waals surface area contributed by atoms with E-state index in [-0.39, 0.29) is 11.9 Å². The fourth-order valence-electron chi connectivity index (χ4n) is 2.66. The Kier molecular flexibility index (Phi) is 8.53. The van der Waals surface area contributed by atoms with Gasteiger partial charge in [-0.15, -0.1) is 0 Å². The quantitative estimate of drug-likeness (QED) is 0.308. The summed E-state index contributed by atoms with van der Waals surface area (Å²) in [4.78, 5) is 21.6. The van der Waals surface area contributed by atoms with Crippen molar-refractivity contribution in [3.05, 3.63) is 47.7 Å². The van der Waals surface area contributed by atoms with Crippen molar-refractivity contribution in [3.8, 4) is 0 Å². The van der Waals surface area contributed by atoms with Gasteiger partial charge >= 0.3 is 0 Å². The Balaban J connectivity index is 2.28. The highest BCUT2D eigenvalue weighted by Crippen LogP contribution is 2.21. The zero-order chi connectivity index (χ0) is 20.5. The summed E-state index contributed by atoms with van der Waals surface area (Å²) in [5, 5.41) is 3.62. The fourth-order valence-corrected chi connectivity index (χ4v) is 3.01. The van der Waals surface area contributed by atoms with Gasteiger partial charge in [-0.05, 0) is 43.7 Å². The second-order valence-electron chi connectivity index (χ2n) is 6.17. The molecular weight excluding hydrogens is 378 g/mol. The number of hydrogen-bond donors (Lipinski definition) is 1. The van der Waals surface area contributed by atoms with Gasteiger partial charge in [0.1, 0.15) is 5.76 Å². The maximum Gasteiger partial charge on any atom is 0.255 e. The van der Waals surface area contributed by atoms with Gasteiger partial charge < -0.3 is 19.5 Å². The lowest BCUT2D eigenvalue weighted by molar-refractivity contribution is 0.0696. The lowest BCUT2D eigenvalue weighted by Gasteiger charge is -2.23. The number of amides is 1. The van der Waals surface area contributed by atoms with Crippen molar-refractivity contribution in [2.45, 2.75) is 31.0 Å². The lowest BCUT2D eigenvalue weighted by atomic mass is 10.1. The van der Waals surface area contributed by atoms with Crippen molar-refractivity contribution in [3.63, 3.8) is 0 Å². The molecule has 1 aliphatic heterocycles. The number of hydrogen-bond acceptors (Lipinski definition) is 7. The Bertz CT molecular complexity index is 771. The molecule has 0 bridgehead atoms. The molecule has 1 N–H and O–H groups in total. The molecule has 1 fully saturated rings. The molecule has 2 rings (SSSR count). The molecule has 1 aliphatic rings. The van der Waals surface area contributed by atoms with Crippen LogP contribution in [-0.4, -0.2) is 55.6 Å². The van der Waals surface area contributed by atoms with Crippen LogP contribution in [0.25, 0.3) is 5.57 Å². The van der Waals surface area contributed by atoms with E-state index >= 15 is 0 Å². The molecule has 0 radical (unpaired) electrons. The second kappa shape index (κ2) is 10.9. The molecule has 1 aromatic rings. The van der Waals surface area contributed by atoms with Gasteiger partial charge in [-0.1, -0.05) is 18.3 Å². The number of rotatable bonds is 8. The average molecular weight is 406 g/mol. The SMILES string of the molecule is C=C(/C=C\C(OC)=C(/C)OC)c1nc(SC)ncc1C(=O)NC1CCOCC1. The van der Waals surface area contributed by atoms with Crippen LogP contribution in [0.1, 0.15) is 35.8 Å². The standard InChI is InChI=1S/C20H27N3O4S/c1-13(6-7-17(26-4)14(2)25-3)18-16(12-21-20(23-18)28-5)19(24)22-15-8-10-27-11-9-15/h6-7,12,15H,1,8-11H2,2-5H3,(H,22,24)/b7-6-,17-14-. The normalized spacial score (nSPS) is 15.9. The smallest absolute Gasteiger partial charge is 0.255 e. The number of thioether (sulfide) groups is 1. The first-order valence-corrected chi connectivity index (χ1v) is 10.2. The third-order valence-electron chi connectivity index (χ3n) is 4.36. The van der Waals surface area contributed by atoms with Crippen molar-refractivity contribution < 1.29 is 19.0 Å². The molecular formula is C20H27N3O4S. The molecule has 0 aromatic carbocycles. The molecule has 8 heteroatoms. The summed E-state index contributed by atoms with van der Waals surface area (Å²) < 4.78 is 15.9. The topological polar surface area (TPSA) is 82.6 Å². The number of nitrogens with zero attached hydrogens (tertiary/aromatic N) is 2. The molecule has 2 heterocycles. The Morgan fingerprint density at radius 1 is 1.32 bits per heavy atom. The fraction of sp³-hybridized carbons (Fsp3) is 0.450. The first-order chi connectivity index (χ1) is 13.5. The third kappa shape index (κ3) is 5.84. The predicted molar refractivity (Wildman–Crippen MR) is 110 cm³/mol. The van der Waals surface area contributed by atoms with E-state index in [1.54, 1.807) is 39.5 Å². The molecule has 152 valence electrons. The Morgan fingerprint density at radius 3 is 2.64 bits per heavy atom. The van der Waals surface area contributed by atoms with Gasteiger partial charge in [0.25, 0.3) is 5.91 Å². The number of ether oxygens (including phenoxy) is 3. The van der Waals surface area contributed by atoms with Crippen molar-refractivity contribution in [2.75, 3.05) is 33.7 Å². The van der Waals surface area contributed by atoms with Crippen LogP contribution in [0.5, 0.6) is 0 Å². The summed E-state index contributed by atoms with van der Waals surface area (Å²) in [5.74, 6) is 0.993. The van der Waals surface area contributed by atoms with E-state index in [2.05, 4.69) is 21.9 Å². The Labute approximate surface area is 170 Å². The van der Waals surface area contributed by atoms with Gasteiger partial charge in [0, 0.05) is 25.5 Å². The van der Waals surface area contributed by atoms with Gasteiger partial charge in [0.15, 0.2) is 10.9 Å². The monoisotopic (exact) mass is 405 g/mol. The van der Waals surface area contributed by atoms with Crippen LogP contribution >= 0.6 is 11.8 Å². The third-order valence-corrected chi connectivity index (χ3v) is 4.93. The van der Waals surface area contributed by atoms with Gasteiger partial charge in [0.05, 0.1) is 25.5 Å². The average Bonchev–Trinajstić information content (AvgIpc) is 2.73. The minimum Gasteiger partial charge on any atom is -0.498 e. The molecule has 1 saturated heterocycles. The van der Waals surface area contributed by atoms with Gasteiger partial charge in [-0.3, -0.25) is 4.79 Å². The van der Waals surface area contributed by atoms with Gasteiger partial charge in [-0.25, -0.2) is 9.97 Å². The van der Waals surface area contributed by atoms with Crippen LogP contribution in [-0.2, 0) is 14.2 Å². The van der Waals surface area contributed by atoms with Crippen LogP contribution < -0.4 is 5.32 Å². The lowest BCUT2D eigenvalue weighted by Crippen LogP contribution is -2.39. The van der Waals surface area contributed by atoms with Crippen molar-refractivity contribution in [1.29, 1.82) is 0 Å². The maximum absolute atomic E-state index is 12.8. The van der Waals surface area contributed by atoms with E-state index < -0.39 is 0 Å². The van der Waals surface area contributed by atoms with E-state index in [9.17, 15) is 4.79 Å². The summed E-state index contributed by atoms with van der Waals surface area (Å²) in [7, 11) is 3.14. The summed E-state index contributed by atoms with van der Waals surface area (Å²) in [6.45, 7) is 7.18. The van der Waals surface area contributed by atoms with Crippen LogP contribution in [0.3, 0.4) is 0 Å². The minimum absolute atomic E-state index is 0.0884. The van der Waals surface area contributed by atoms with E-state index in [0.29, 0.717) is 46.7 Å². The van der Waals surface area contributed by atoms with Crippen molar-refractivity contribution in [2.24, 2.45) is 0 Å². The number of aromatic nitrogens is 2. The first-order valence-electron chi connectivity index (χ1n) is 8.96. The van der Waals surface area contributed by atoms with Crippen molar-refractivity contribution >= 4 is 23.2 Å². The molecule has 7 nitrogen and oxygen atoms in total. The van der Waals surface area contributed by atoms with Crippen LogP contribution in [0.4, 0.5) is 0 Å². The molecule has 1 aromatic heterocycles. The molecule has 0 aliphatic carbocycles. The van der Waals surface area contributed by atoms with Crippen molar-refractivity contribution in [1.82, 2.24) is 15.3 Å². The molecule has 0 unspecified atom stereocenters. The summed E-state index contributed by atoms with van der Waals surface area (Å²) in [6, 6.07) is 0.0884. The number of nitrogens with one attached hydrogen (secondary N) is 1. The number of carbonyl (C=O) groups excluding carboxylic acids is 1. The molecule has 1 amide bonds. The zero-order valence-corrected chi connectivity index (χ0v) is 17.6. The Morgan fingerprint density at radius 2 is 2.04 bits per heavy atom. The maximum atomic E-state index is 12.8. The zero-order valence-electron chi connectivity index (χ0n) is 16.8. The molecule has 0 saturated carbocycles. The van der Waals surface area contributed by atoms with Crippen LogP contribution in [0.15, 0.2) is 41.6 Å². The van der Waals surface area contributed by atoms with E-state index in [0.717, 1.165) is 12.8 Å². The molecule has 0 atom stereocenters. The highest BCUT2D eigenvalue weighted by molar-refractivity contribution is 7.98. The largest absolute Gasteiger partial charge is 0.498 e. The molecule has 28 heavy (non-hydrogen) atoms. The highest BCUT2D eigenvalue weighted by Gasteiger charge is 2.21. The second-order valence-corrected chi connectivity index (χ2v) is 6.94.